The Bertz CT molecular complexity index is 2320. The Kier molecular flexibility index (Phi) is 34.6. The molecule has 0 unspecified atom stereocenters. The van der Waals surface area contributed by atoms with Gasteiger partial charge in [0, 0.05) is 38.3 Å². The minimum Gasteiger partial charge on any atom is -0.370 e. The first-order valence-corrected chi connectivity index (χ1v) is 29.1. The second-order valence-electron chi connectivity index (χ2n) is 23.3. The lowest BCUT2D eigenvalue weighted by atomic mass is 9.97. The highest BCUT2D eigenvalue weighted by Crippen LogP contribution is 2.15. The number of H-pyrrole nitrogens is 1. The molecular weight excluding hydrogens is 1090 g/mol. The Morgan fingerprint density at radius 3 is 1.11 bits per heavy atom. The zero-order valence-electron chi connectivity index (χ0n) is 51.2. The predicted octanol–water partition coefficient (Wildman–Crippen LogP) is -2.10. The van der Waals surface area contributed by atoms with Crippen LogP contribution < -0.4 is 82.3 Å². The largest absolute Gasteiger partial charge is 0.370 e. The van der Waals surface area contributed by atoms with Crippen LogP contribution in [0, 0.1) is 29.6 Å². The number of primary amides is 1. The van der Waals surface area contributed by atoms with Gasteiger partial charge in [-0.25, -0.2) is 4.98 Å². The number of unbranched alkanes of at least 4 members (excludes halogenated alkanes) is 1. The quantitative estimate of drug-likeness (QED) is 0.0190. The summed E-state index contributed by atoms with van der Waals surface area (Å²) in [5.74, 6) is -8.37. The Morgan fingerprint density at radius 1 is 0.452 bits per heavy atom. The minimum absolute atomic E-state index is 0.00694. The van der Waals surface area contributed by atoms with Crippen LogP contribution in [0.4, 0.5) is 0 Å². The van der Waals surface area contributed by atoms with Crippen molar-refractivity contribution >= 4 is 71.0 Å². The van der Waals surface area contributed by atoms with Crippen molar-refractivity contribution in [1.82, 2.24) is 57.8 Å². The van der Waals surface area contributed by atoms with E-state index >= 15 is 0 Å². The maximum Gasteiger partial charge on any atom is 0.243 e. The molecule has 9 atom stereocenters. The number of guanidine groups is 2. The van der Waals surface area contributed by atoms with Crippen molar-refractivity contribution in [3.05, 3.63) is 18.2 Å². The van der Waals surface area contributed by atoms with Crippen LogP contribution in [-0.2, 0) is 54.4 Å². The summed E-state index contributed by atoms with van der Waals surface area (Å²) in [4.78, 5) is 153. The van der Waals surface area contributed by atoms with Crippen LogP contribution in [0.2, 0.25) is 0 Å². The third-order valence-corrected chi connectivity index (χ3v) is 13.0. The van der Waals surface area contributed by atoms with E-state index in [9.17, 15) is 47.9 Å². The number of rotatable bonds is 41. The second kappa shape index (κ2) is 39.0. The van der Waals surface area contributed by atoms with Crippen LogP contribution in [0.25, 0.3) is 0 Å². The normalized spacial score (nSPS) is 14.5. The van der Waals surface area contributed by atoms with Crippen LogP contribution in [-0.4, -0.2) is 155 Å². The third kappa shape index (κ3) is 30.6. The average molecular weight is 1190 g/mol. The molecule has 0 aliphatic rings. The van der Waals surface area contributed by atoms with Crippen molar-refractivity contribution in [2.24, 2.45) is 74.0 Å². The van der Waals surface area contributed by atoms with Crippen molar-refractivity contribution in [3.8, 4) is 0 Å². The van der Waals surface area contributed by atoms with Gasteiger partial charge in [-0.05, 0) is 107 Å². The Balaban J connectivity index is 3.60. The monoisotopic (exact) mass is 1190 g/mol. The molecule has 1 rings (SSSR count). The number of amides is 10. The molecule has 0 aromatic carbocycles. The fourth-order valence-corrected chi connectivity index (χ4v) is 8.89. The third-order valence-electron chi connectivity index (χ3n) is 13.0. The molecule has 0 saturated heterocycles. The summed E-state index contributed by atoms with van der Waals surface area (Å²) in [6.07, 6.45) is 4.79. The number of aromatic nitrogens is 2. The molecule has 29 nitrogen and oxygen atoms in total. The molecule has 0 bridgehead atoms. The highest BCUT2D eigenvalue weighted by molar-refractivity contribution is 5.98. The molecule has 0 spiro atoms. The Labute approximate surface area is 494 Å². The van der Waals surface area contributed by atoms with Crippen LogP contribution in [0.1, 0.15) is 152 Å². The molecular formula is C55H101N19O10. The molecule has 1 aromatic rings. The van der Waals surface area contributed by atoms with E-state index in [1.54, 1.807) is 13.8 Å². The van der Waals surface area contributed by atoms with Crippen molar-refractivity contribution in [3.63, 3.8) is 0 Å². The SMILES string of the molecule is CC(=O)N[C@@H](CC(C)C)C(=O)N[C@@H](CC(C)C)C(=O)N[C@@H](CC(C)C)C(=O)N[C@@H](CC(C)C)C(=O)N[C@@H](CCCN=C(N)N)C(=O)N[C@H](C(=O)N[C@@H](CCCCN)C(=O)N[C@@H](CCCN=C(N)N)C(=O)N[C@@H](Cc1cnc[nH]1)C(N)=O)C(C)C. The van der Waals surface area contributed by atoms with Gasteiger partial charge in [0.05, 0.1) is 6.33 Å². The molecule has 0 aliphatic carbocycles. The molecule has 84 heavy (non-hydrogen) atoms. The summed E-state index contributed by atoms with van der Waals surface area (Å²) in [5, 5.41) is 24.6. The first-order chi connectivity index (χ1) is 39.3. The molecule has 22 N–H and O–H groups in total. The van der Waals surface area contributed by atoms with E-state index in [2.05, 4.69) is 67.8 Å². The summed E-state index contributed by atoms with van der Waals surface area (Å²) in [7, 11) is 0. The lowest BCUT2D eigenvalue weighted by Gasteiger charge is -2.30. The molecule has 0 radical (unpaired) electrons. The van der Waals surface area contributed by atoms with E-state index in [4.69, 9.17) is 34.4 Å². The first kappa shape index (κ1) is 74.4. The van der Waals surface area contributed by atoms with E-state index in [0.29, 0.717) is 25.0 Å². The summed E-state index contributed by atoms with van der Waals surface area (Å²) >= 11 is 0. The molecule has 1 heterocycles. The van der Waals surface area contributed by atoms with Gasteiger partial charge in [-0.2, -0.15) is 0 Å². The van der Waals surface area contributed by atoms with Gasteiger partial charge in [0.1, 0.15) is 54.4 Å². The first-order valence-electron chi connectivity index (χ1n) is 29.1. The summed E-state index contributed by atoms with van der Waals surface area (Å²) in [6.45, 7) is 19.9. The Morgan fingerprint density at radius 2 is 0.786 bits per heavy atom. The number of nitrogens with zero attached hydrogens (tertiary/aromatic N) is 3. The smallest absolute Gasteiger partial charge is 0.243 e. The van der Waals surface area contributed by atoms with Gasteiger partial charge < -0.3 is 87.2 Å². The summed E-state index contributed by atoms with van der Waals surface area (Å²) in [5.41, 5.74) is 34.1. The fraction of sp³-hybridized carbons (Fsp3) is 0.727. The lowest BCUT2D eigenvalue weighted by molar-refractivity contribution is -0.136. The second-order valence-corrected chi connectivity index (χ2v) is 23.3. The number of aliphatic imine (C=N–C) groups is 2. The van der Waals surface area contributed by atoms with Gasteiger partial charge in [-0.15, -0.1) is 0 Å². The standard InChI is InChI=1S/C55H101N19O10/c1-29(2)22-40(66-34(11)75)49(80)71-42(24-31(5)6)51(82)73-43(25-32(7)8)52(83)72-41(23-30(3)4)50(81)68-38(18-15-21-64-55(60)61)48(79)74-44(33(9)10)53(84)69-36(16-12-13-19-56)46(77)67-37(17-14-20-63-54(58)59)47(78)70-39(45(57)76)26-35-27-62-28-65-35/h27-33,36-44H,12-26,56H2,1-11H3,(H2,57,76)(H,62,65)(H,66,75)(H,67,77)(H,68,81)(H,69,84)(H,70,78)(H,71,80)(H,72,83)(H,73,82)(H,74,79)(H4,58,59,63)(H4,60,61,64)/t36-,37-,38-,39-,40-,41-,42-,43-,44-/m0/s1. The number of aromatic amines is 1. The number of hydrogen-bond acceptors (Lipinski definition) is 14. The highest BCUT2D eigenvalue weighted by Gasteiger charge is 2.36. The van der Waals surface area contributed by atoms with Crippen LogP contribution in [0.3, 0.4) is 0 Å². The van der Waals surface area contributed by atoms with Gasteiger partial charge in [0.2, 0.25) is 59.1 Å². The molecule has 0 saturated carbocycles. The van der Waals surface area contributed by atoms with Crippen LogP contribution in [0.5, 0.6) is 0 Å². The number of nitrogens with two attached hydrogens (primary N) is 6. The maximum absolute atomic E-state index is 14.5. The van der Waals surface area contributed by atoms with E-state index in [1.165, 1.54) is 19.4 Å². The van der Waals surface area contributed by atoms with Gasteiger partial charge in [0.15, 0.2) is 11.9 Å². The fourth-order valence-electron chi connectivity index (χ4n) is 8.89. The maximum atomic E-state index is 14.5. The van der Waals surface area contributed by atoms with Crippen LogP contribution >= 0.6 is 0 Å². The number of nitrogens with one attached hydrogen (secondary N) is 10. The van der Waals surface area contributed by atoms with Gasteiger partial charge >= 0.3 is 0 Å². The summed E-state index contributed by atoms with van der Waals surface area (Å²) < 4.78 is 0. The summed E-state index contributed by atoms with van der Waals surface area (Å²) in [6, 6.07) is -10.8. The average Bonchev–Trinajstić information content (AvgIpc) is 4.06. The molecule has 0 fully saturated rings. The molecule has 1 aromatic heterocycles. The van der Waals surface area contributed by atoms with E-state index in [-0.39, 0.29) is 113 Å². The highest BCUT2D eigenvalue weighted by atomic mass is 16.2. The van der Waals surface area contributed by atoms with Crippen molar-refractivity contribution in [1.29, 1.82) is 0 Å². The van der Waals surface area contributed by atoms with Crippen molar-refractivity contribution < 1.29 is 47.9 Å². The molecule has 0 aliphatic heterocycles. The number of imidazole rings is 1. The predicted molar refractivity (Wildman–Crippen MR) is 320 cm³/mol. The van der Waals surface area contributed by atoms with Gasteiger partial charge in [-0.1, -0.05) is 69.2 Å². The van der Waals surface area contributed by atoms with E-state index in [0.717, 1.165) is 0 Å². The number of carbonyl (C=O) groups excluding carboxylic acids is 10. The zero-order valence-corrected chi connectivity index (χ0v) is 51.2. The molecule has 10 amide bonds. The van der Waals surface area contributed by atoms with Crippen LogP contribution in [0.15, 0.2) is 22.5 Å². The minimum atomic E-state index is -1.34. The van der Waals surface area contributed by atoms with Gasteiger partial charge in [0.25, 0.3) is 0 Å². The van der Waals surface area contributed by atoms with Crippen molar-refractivity contribution in [2.45, 2.75) is 208 Å². The zero-order chi connectivity index (χ0) is 63.8. The van der Waals surface area contributed by atoms with Crippen molar-refractivity contribution in [2.75, 3.05) is 19.6 Å². The van der Waals surface area contributed by atoms with E-state index < -0.39 is 119 Å². The molecule has 29 heteroatoms. The van der Waals surface area contributed by atoms with Gasteiger partial charge in [-0.3, -0.25) is 57.9 Å². The topological polar surface area (TPSA) is 488 Å². The number of carbonyl (C=O) groups is 10. The Hall–Kier alpha value is -7.59. The van der Waals surface area contributed by atoms with E-state index in [1.807, 2.05) is 55.4 Å². The molecule has 476 valence electrons. The lowest BCUT2D eigenvalue weighted by Crippen LogP contribution is -2.61. The number of hydrogen-bond donors (Lipinski definition) is 16.